The van der Waals surface area contributed by atoms with Crippen molar-refractivity contribution < 1.29 is 9.59 Å². The van der Waals surface area contributed by atoms with Gasteiger partial charge in [0.2, 0.25) is 11.8 Å². The van der Waals surface area contributed by atoms with E-state index in [2.05, 4.69) is 4.90 Å². The van der Waals surface area contributed by atoms with Crippen LogP contribution >= 0.6 is 0 Å². The summed E-state index contributed by atoms with van der Waals surface area (Å²) in [4.78, 5) is 29.1. The molecule has 23 heavy (non-hydrogen) atoms. The molecular formula is C19H30N2O2. The number of rotatable bonds is 3. The average Bonchev–Trinajstić information content (AvgIpc) is 2.87. The normalized spacial score (nSPS) is 41.9. The van der Waals surface area contributed by atoms with Gasteiger partial charge in [-0.1, -0.05) is 0 Å². The molecule has 0 spiro atoms. The van der Waals surface area contributed by atoms with Gasteiger partial charge in [0.15, 0.2) is 0 Å². The zero-order chi connectivity index (χ0) is 16.3. The van der Waals surface area contributed by atoms with Crippen LogP contribution in [0.1, 0.15) is 52.4 Å². The maximum atomic E-state index is 13.0. The van der Waals surface area contributed by atoms with Gasteiger partial charge in [-0.25, -0.2) is 0 Å². The lowest BCUT2D eigenvalue weighted by Gasteiger charge is -2.56. The third kappa shape index (κ3) is 2.49. The minimum absolute atomic E-state index is 0.118. The van der Waals surface area contributed by atoms with Crippen LogP contribution in [0.2, 0.25) is 0 Å². The van der Waals surface area contributed by atoms with Crippen molar-refractivity contribution in [1.29, 1.82) is 0 Å². The first kappa shape index (κ1) is 15.5. The Morgan fingerprint density at radius 2 is 1.65 bits per heavy atom. The Kier molecular flexibility index (Phi) is 3.69. The zero-order valence-electron chi connectivity index (χ0n) is 14.7. The van der Waals surface area contributed by atoms with Crippen LogP contribution in [0.3, 0.4) is 0 Å². The lowest BCUT2D eigenvalue weighted by atomic mass is 9.54. The van der Waals surface area contributed by atoms with Crippen molar-refractivity contribution in [1.82, 2.24) is 9.80 Å². The van der Waals surface area contributed by atoms with Crippen molar-refractivity contribution in [3.63, 3.8) is 0 Å². The summed E-state index contributed by atoms with van der Waals surface area (Å²) in [5.74, 6) is 3.56. The largest absolute Gasteiger partial charge is 0.342 e. The summed E-state index contributed by atoms with van der Waals surface area (Å²) in [5, 5.41) is 0. The van der Waals surface area contributed by atoms with E-state index in [0.29, 0.717) is 19.0 Å². The Morgan fingerprint density at radius 3 is 2.13 bits per heavy atom. The first-order valence-electron chi connectivity index (χ1n) is 9.50. The molecule has 1 aliphatic heterocycles. The van der Waals surface area contributed by atoms with Gasteiger partial charge in [0.1, 0.15) is 0 Å². The molecule has 0 unspecified atom stereocenters. The molecule has 4 nitrogen and oxygen atoms in total. The predicted octanol–water partition coefficient (Wildman–Crippen LogP) is 2.53. The molecular weight excluding hydrogens is 288 g/mol. The van der Waals surface area contributed by atoms with E-state index in [1.807, 2.05) is 25.8 Å². The highest BCUT2D eigenvalue weighted by Crippen LogP contribution is 2.55. The standard InChI is InChI=1S/C19H30N2O2/c1-11(2)21-10-16(9-17(21)22)19(23)20(3)18-14-5-12-4-13(7-14)8-15(18)6-12/h11-16,18H,4-10H2,1-3H3/t12?,13?,14?,15?,16-,18?/m0/s1. The fourth-order valence-corrected chi connectivity index (χ4v) is 6.36. The summed E-state index contributed by atoms with van der Waals surface area (Å²) in [6, 6.07) is 0.644. The second kappa shape index (κ2) is 5.49. The number of nitrogens with zero attached hydrogens (tertiary/aromatic N) is 2. The van der Waals surface area contributed by atoms with Crippen molar-refractivity contribution in [2.45, 2.75) is 64.5 Å². The molecule has 4 saturated carbocycles. The first-order chi connectivity index (χ1) is 10.9. The first-order valence-corrected chi connectivity index (χ1v) is 9.50. The molecule has 4 aliphatic carbocycles. The van der Waals surface area contributed by atoms with Gasteiger partial charge in [0.25, 0.3) is 0 Å². The van der Waals surface area contributed by atoms with Gasteiger partial charge in [0, 0.05) is 32.1 Å². The SMILES string of the molecule is CC(C)N1C[C@@H](C(=O)N(C)C2C3CC4CC(C3)CC2C4)CC1=O. The zero-order valence-corrected chi connectivity index (χ0v) is 14.7. The summed E-state index contributed by atoms with van der Waals surface area (Å²) in [6.07, 6.45) is 7.18. The third-order valence-corrected chi connectivity index (χ3v) is 7.10. The van der Waals surface area contributed by atoms with Crippen molar-refractivity contribution >= 4 is 11.8 Å². The van der Waals surface area contributed by atoms with Crippen LogP contribution in [-0.4, -0.2) is 47.3 Å². The molecule has 0 N–H and O–H groups in total. The summed E-state index contributed by atoms with van der Waals surface area (Å²) in [5.41, 5.74) is 0. The summed E-state index contributed by atoms with van der Waals surface area (Å²) in [6.45, 7) is 4.69. The lowest BCUT2D eigenvalue weighted by molar-refractivity contribution is -0.145. The highest BCUT2D eigenvalue weighted by atomic mass is 16.2. The smallest absolute Gasteiger partial charge is 0.228 e. The van der Waals surface area contributed by atoms with Crippen molar-refractivity contribution in [2.75, 3.05) is 13.6 Å². The van der Waals surface area contributed by atoms with E-state index in [1.165, 1.54) is 32.1 Å². The molecule has 0 radical (unpaired) electrons. The number of likely N-dealkylation sites (tertiary alicyclic amines) is 1. The van der Waals surface area contributed by atoms with Crippen molar-refractivity contribution in [3.05, 3.63) is 0 Å². The van der Waals surface area contributed by atoms with Crippen LogP contribution in [-0.2, 0) is 9.59 Å². The molecule has 0 aromatic carbocycles. The molecule has 1 heterocycles. The molecule has 128 valence electrons. The number of hydrogen-bond donors (Lipinski definition) is 0. The van der Waals surface area contributed by atoms with Gasteiger partial charge >= 0.3 is 0 Å². The Morgan fingerprint density at radius 1 is 1.09 bits per heavy atom. The maximum absolute atomic E-state index is 13.0. The topological polar surface area (TPSA) is 40.6 Å². The van der Waals surface area contributed by atoms with E-state index in [4.69, 9.17) is 0 Å². The highest BCUT2D eigenvalue weighted by molar-refractivity contribution is 5.89. The molecule has 1 atom stereocenters. The second-order valence-electron chi connectivity index (χ2n) is 8.91. The summed E-state index contributed by atoms with van der Waals surface area (Å²) in [7, 11) is 2.01. The van der Waals surface area contributed by atoms with Gasteiger partial charge in [0.05, 0.1) is 5.92 Å². The molecule has 2 amide bonds. The molecule has 0 aromatic rings. The molecule has 5 fully saturated rings. The minimum Gasteiger partial charge on any atom is -0.342 e. The van der Waals surface area contributed by atoms with Gasteiger partial charge in [-0.2, -0.15) is 0 Å². The number of carbonyl (C=O) groups excluding carboxylic acids is 2. The van der Waals surface area contributed by atoms with Crippen molar-refractivity contribution in [2.24, 2.45) is 29.6 Å². The van der Waals surface area contributed by atoms with Gasteiger partial charge < -0.3 is 9.80 Å². The van der Waals surface area contributed by atoms with Crippen molar-refractivity contribution in [3.8, 4) is 0 Å². The van der Waals surface area contributed by atoms with Gasteiger partial charge in [-0.3, -0.25) is 9.59 Å². The number of carbonyl (C=O) groups is 2. The van der Waals surface area contributed by atoms with E-state index in [9.17, 15) is 9.59 Å². The second-order valence-corrected chi connectivity index (χ2v) is 8.91. The van der Waals surface area contributed by atoms with Crippen LogP contribution in [0.5, 0.6) is 0 Å². The van der Waals surface area contributed by atoms with Crippen LogP contribution in [0.15, 0.2) is 0 Å². The number of amides is 2. The van der Waals surface area contributed by atoms with Crippen LogP contribution in [0.25, 0.3) is 0 Å². The Labute approximate surface area is 139 Å². The van der Waals surface area contributed by atoms with Gasteiger partial charge in [-0.15, -0.1) is 0 Å². The lowest BCUT2D eigenvalue weighted by Crippen LogP contribution is -2.57. The van der Waals surface area contributed by atoms with Crippen LogP contribution in [0, 0.1) is 29.6 Å². The number of hydrogen-bond acceptors (Lipinski definition) is 2. The molecule has 5 rings (SSSR count). The summed E-state index contributed by atoms with van der Waals surface area (Å²) < 4.78 is 0. The molecule has 0 aromatic heterocycles. The fraction of sp³-hybridized carbons (Fsp3) is 0.895. The predicted molar refractivity (Wildman–Crippen MR) is 88.6 cm³/mol. The molecule has 4 bridgehead atoms. The highest BCUT2D eigenvalue weighted by Gasteiger charge is 2.51. The van der Waals surface area contributed by atoms with E-state index in [-0.39, 0.29) is 23.8 Å². The Bertz CT molecular complexity index is 487. The van der Waals surface area contributed by atoms with E-state index < -0.39 is 0 Å². The monoisotopic (exact) mass is 318 g/mol. The van der Waals surface area contributed by atoms with E-state index >= 15 is 0 Å². The summed E-state index contributed by atoms with van der Waals surface area (Å²) >= 11 is 0. The average molecular weight is 318 g/mol. The quantitative estimate of drug-likeness (QED) is 0.802. The van der Waals surface area contributed by atoms with Crippen LogP contribution < -0.4 is 0 Å². The molecule has 1 saturated heterocycles. The fourth-order valence-electron chi connectivity index (χ4n) is 6.36. The molecule has 4 heteroatoms. The maximum Gasteiger partial charge on any atom is 0.228 e. The van der Waals surface area contributed by atoms with Gasteiger partial charge in [-0.05, 0) is 69.6 Å². The Balaban J connectivity index is 1.46. The minimum atomic E-state index is -0.118. The molecule has 5 aliphatic rings. The van der Waals surface area contributed by atoms with Crippen LogP contribution in [0.4, 0.5) is 0 Å². The van der Waals surface area contributed by atoms with E-state index in [0.717, 1.165) is 23.7 Å². The van der Waals surface area contributed by atoms with E-state index in [1.54, 1.807) is 0 Å². The Hall–Kier alpha value is -1.06. The third-order valence-electron chi connectivity index (χ3n) is 7.10.